The van der Waals surface area contributed by atoms with Crippen LogP contribution in [0.1, 0.15) is 0 Å². The molecule has 0 saturated carbocycles. The van der Waals surface area contributed by atoms with Crippen LogP contribution in [0.5, 0.6) is 0 Å². The molecule has 3 aromatic carbocycles. The van der Waals surface area contributed by atoms with E-state index in [0.29, 0.717) is 21.4 Å². The van der Waals surface area contributed by atoms with Crippen molar-refractivity contribution in [2.45, 2.75) is 9.79 Å². The van der Waals surface area contributed by atoms with Gasteiger partial charge in [0.2, 0.25) is 0 Å². The van der Waals surface area contributed by atoms with Crippen molar-refractivity contribution in [1.82, 2.24) is 0 Å². The first-order valence-corrected chi connectivity index (χ1v) is 11.6. The normalized spacial score (nSPS) is 11.8. The first-order valence-electron chi connectivity index (χ1n) is 7.94. The lowest BCUT2D eigenvalue weighted by molar-refractivity contribution is 0.552. The molecular formula is C18H13Cl2FN2O4S2. The third kappa shape index (κ3) is 5.39. The van der Waals surface area contributed by atoms with E-state index in [-0.39, 0.29) is 10.6 Å². The fourth-order valence-electron chi connectivity index (χ4n) is 2.38. The number of nitrogens with one attached hydrogen (secondary N) is 2. The Morgan fingerprint density at radius 3 is 1.83 bits per heavy atom. The van der Waals surface area contributed by atoms with Gasteiger partial charge in [0, 0.05) is 15.7 Å². The number of halogens is 3. The Morgan fingerprint density at radius 2 is 1.24 bits per heavy atom. The van der Waals surface area contributed by atoms with Crippen LogP contribution in [0.4, 0.5) is 20.9 Å². The Balaban J connectivity index is 1.91. The summed E-state index contributed by atoms with van der Waals surface area (Å²) in [5.74, 6) is 0. The van der Waals surface area contributed by atoms with Crippen molar-refractivity contribution in [2.24, 2.45) is 0 Å². The number of hydrogen-bond donors (Lipinski definition) is 2. The van der Waals surface area contributed by atoms with E-state index in [4.69, 9.17) is 23.2 Å². The molecule has 11 heteroatoms. The second-order valence-electron chi connectivity index (χ2n) is 5.84. The summed E-state index contributed by atoms with van der Waals surface area (Å²) in [6, 6.07) is 14.9. The lowest BCUT2D eigenvalue weighted by Crippen LogP contribution is -2.14. The van der Waals surface area contributed by atoms with Gasteiger partial charge in [0.1, 0.15) is 0 Å². The topological polar surface area (TPSA) is 92.3 Å². The molecule has 152 valence electrons. The Kier molecular flexibility index (Phi) is 6.04. The molecule has 0 amide bonds. The summed E-state index contributed by atoms with van der Waals surface area (Å²) in [4.78, 5) is -0.474. The Labute approximate surface area is 177 Å². The maximum atomic E-state index is 13.0. The van der Waals surface area contributed by atoms with Crippen molar-refractivity contribution >= 4 is 60.5 Å². The number of sulfonamides is 1. The highest BCUT2D eigenvalue weighted by Gasteiger charge is 2.17. The van der Waals surface area contributed by atoms with Crippen LogP contribution >= 0.6 is 23.2 Å². The summed E-state index contributed by atoms with van der Waals surface area (Å²) in [6.07, 6.45) is 0. The van der Waals surface area contributed by atoms with Crippen molar-refractivity contribution in [3.63, 3.8) is 0 Å². The summed E-state index contributed by atoms with van der Waals surface area (Å²) in [7, 11) is -8.72. The number of rotatable bonds is 6. The molecule has 0 radical (unpaired) electrons. The van der Waals surface area contributed by atoms with E-state index in [2.05, 4.69) is 10.0 Å². The van der Waals surface area contributed by atoms with Crippen molar-refractivity contribution < 1.29 is 20.7 Å². The highest BCUT2D eigenvalue weighted by atomic mass is 35.5. The molecule has 0 aliphatic rings. The van der Waals surface area contributed by atoms with E-state index in [9.17, 15) is 20.7 Å². The van der Waals surface area contributed by atoms with E-state index >= 15 is 0 Å². The molecule has 0 heterocycles. The molecule has 29 heavy (non-hydrogen) atoms. The van der Waals surface area contributed by atoms with Gasteiger partial charge in [-0.1, -0.05) is 23.2 Å². The Hall–Kier alpha value is -2.33. The van der Waals surface area contributed by atoms with Crippen LogP contribution < -0.4 is 10.0 Å². The zero-order valence-corrected chi connectivity index (χ0v) is 17.6. The zero-order valence-electron chi connectivity index (χ0n) is 14.4. The third-order valence-corrected chi connectivity index (χ3v) is 6.47. The lowest BCUT2D eigenvalue weighted by atomic mass is 10.2. The van der Waals surface area contributed by atoms with Gasteiger partial charge in [-0.3, -0.25) is 4.72 Å². The number of anilines is 3. The first kappa shape index (κ1) is 21.4. The van der Waals surface area contributed by atoms with Crippen molar-refractivity contribution in [2.75, 3.05) is 10.0 Å². The van der Waals surface area contributed by atoms with Gasteiger partial charge in [0.05, 0.1) is 21.2 Å². The smallest absolute Gasteiger partial charge is 0.332 e. The number of hydrogen-bond acceptors (Lipinski definition) is 5. The van der Waals surface area contributed by atoms with Crippen LogP contribution in [0.25, 0.3) is 0 Å². The molecule has 0 spiro atoms. The largest absolute Gasteiger partial charge is 0.354 e. The quantitative estimate of drug-likeness (QED) is 0.479. The van der Waals surface area contributed by atoms with Gasteiger partial charge in [-0.2, -0.15) is 8.42 Å². The zero-order chi connectivity index (χ0) is 21.2. The molecule has 0 aliphatic heterocycles. The van der Waals surface area contributed by atoms with Gasteiger partial charge in [0.25, 0.3) is 10.0 Å². The minimum absolute atomic E-state index is 0.0142. The average molecular weight is 475 g/mol. The minimum Gasteiger partial charge on any atom is -0.354 e. The first-order chi connectivity index (χ1) is 13.5. The molecule has 0 atom stereocenters. The predicted molar refractivity (Wildman–Crippen MR) is 112 cm³/mol. The summed E-state index contributed by atoms with van der Waals surface area (Å²) >= 11 is 11.8. The van der Waals surface area contributed by atoms with Crippen molar-refractivity contribution in [3.05, 3.63) is 76.8 Å². The van der Waals surface area contributed by atoms with E-state index < -0.39 is 25.1 Å². The fourth-order valence-corrected chi connectivity index (χ4v) is 4.22. The van der Waals surface area contributed by atoms with Gasteiger partial charge >= 0.3 is 10.2 Å². The van der Waals surface area contributed by atoms with Crippen LogP contribution in [0, 0.1) is 0 Å². The second-order valence-corrected chi connectivity index (χ2v) is 9.74. The monoisotopic (exact) mass is 474 g/mol. The summed E-state index contributed by atoms with van der Waals surface area (Å²) in [5, 5.41) is 3.66. The molecule has 0 saturated heterocycles. The van der Waals surface area contributed by atoms with Gasteiger partial charge in [0.15, 0.2) is 0 Å². The molecule has 2 N–H and O–H groups in total. The molecular weight excluding hydrogens is 462 g/mol. The molecule has 0 bridgehead atoms. The SMILES string of the molecule is O=S(=O)(F)c1ccc(Nc2cc(Cl)ccc2NS(=O)(=O)c2ccc(Cl)cc2)cc1. The average Bonchev–Trinajstić information content (AvgIpc) is 2.64. The van der Waals surface area contributed by atoms with E-state index in [1.807, 2.05) is 0 Å². The molecule has 0 aromatic heterocycles. The lowest BCUT2D eigenvalue weighted by Gasteiger charge is -2.15. The summed E-state index contributed by atoms with van der Waals surface area (Å²) in [6.45, 7) is 0. The van der Waals surface area contributed by atoms with Gasteiger partial charge in [-0.25, -0.2) is 8.42 Å². The van der Waals surface area contributed by atoms with Crippen LogP contribution in [-0.4, -0.2) is 16.8 Å². The number of benzene rings is 3. The van der Waals surface area contributed by atoms with Crippen molar-refractivity contribution in [1.29, 1.82) is 0 Å². The summed E-state index contributed by atoms with van der Waals surface area (Å²) < 4.78 is 62.6. The van der Waals surface area contributed by atoms with E-state index in [0.717, 1.165) is 12.1 Å². The summed E-state index contributed by atoms with van der Waals surface area (Å²) in [5.41, 5.74) is 0.907. The van der Waals surface area contributed by atoms with Crippen molar-refractivity contribution in [3.8, 4) is 0 Å². The molecule has 3 aromatic rings. The molecule has 3 rings (SSSR count). The van der Waals surface area contributed by atoms with E-state index in [1.54, 1.807) is 0 Å². The third-order valence-electron chi connectivity index (χ3n) is 3.76. The van der Waals surface area contributed by atoms with Crippen LogP contribution in [0.2, 0.25) is 10.0 Å². The predicted octanol–water partition coefficient (Wildman–Crippen LogP) is 5.20. The fraction of sp³-hybridized carbons (Fsp3) is 0. The Bertz CT molecular complexity index is 1250. The maximum absolute atomic E-state index is 13.0. The van der Waals surface area contributed by atoms with Crippen LogP contribution in [0.15, 0.2) is 76.5 Å². The standard InChI is InChI=1S/C18H13Cl2FN2O4S2/c19-12-1-6-16(7-2-12)29(26,27)23-17-10-3-13(20)11-18(17)22-14-4-8-15(9-5-14)28(21,24)25/h1-11,22-23H. The van der Waals surface area contributed by atoms with E-state index in [1.165, 1.54) is 54.6 Å². The minimum atomic E-state index is -4.82. The Morgan fingerprint density at radius 1 is 0.690 bits per heavy atom. The molecule has 0 fully saturated rings. The van der Waals surface area contributed by atoms with Gasteiger partial charge in [-0.05, 0) is 66.7 Å². The highest BCUT2D eigenvalue weighted by Crippen LogP contribution is 2.31. The maximum Gasteiger partial charge on any atom is 0.332 e. The van der Waals surface area contributed by atoms with Crippen LogP contribution in [-0.2, 0) is 20.2 Å². The molecule has 0 unspecified atom stereocenters. The second kappa shape index (κ2) is 8.19. The molecule has 0 aliphatic carbocycles. The highest BCUT2D eigenvalue weighted by molar-refractivity contribution is 7.92. The van der Waals surface area contributed by atoms with Crippen LogP contribution in [0.3, 0.4) is 0 Å². The van der Waals surface area contributed by atoms with Gasteiger partial charge in [-0.15, -0.1) is 3.89 Å². The molecule has 6 nitrogen and oxygen atoms in total. The van der Waals surface area contributed by atoms with Gasteiger partial charge < -0.3 is 5.32 Å².